The van der Waals surface area contributed by atoms with E-state index in [1.165, 1.54) is 0 Å². The van der Waals surface area contributed by atoms with Crippen molar-refractivity contribution in [2.24, 2.45) is 0 Å². The second-order valence-corrected chi connectivity index (χ2v) is 4.64. The molecule has 2 aromatic rings. The van der Waals surface area contributed by atoms with E-state index in [-0.39, 0.29) is 18.2 Å². The molecule has 0 bridgehead atoms. The Morgan fingerprint density at radius 2 is 2.17 bits per heavy atom. The molecule has 0 spiro atoms. The molecule has 0 atom stereocenters. The lowest BCUT2D eigenvalue weighted by molar-refractivity contribution is -0.136. The minimum absolute atomic E-state index is 0.0936. The standard InChI is InChI=1S/C13H16N2O3/c1-8(2)15-11-5-3-9(4-6-12(16)17)7-10(11)14-13(15)18/h3,5,7-8H,4,6H2,1-2H3,(H,14,18)(H,16,17). The second-order valence-electron chi connectivity index (χ2n) is 4.64. The van der Waals surface area contributed by atoms with Gasteiger partial charge >= 0.3 is 11.7 Å². The molecule has 5 heteroatoms. The lowest BCUT2D eigenvalue weighted by atomic mass is 10.1. The maximum atomic E-state index is 11.8. The number of aliphatic carboxylic acids is 1. The molecule has 96 valence electrons. The van der Waals surface area contributed by atoms with Gasteiger partial charge in [0.2, 0.25) is 0 Å². The van der Waals surface area contributed by atoms with Crippen LogP contribution in [-0.2, 0) is 11.2 Å². The zero-order chi connectivity index (χ0) is 13.3. The minimum Gasteiger partial charge on any atom is -0.481 e. The average Bonchev–Trinajstić information content (AvgIpc) is 2.61. The molecule has 1 aromatic heterocycles. The summed E-state index contributed by atoms with van der Waals surface area (Å²) in [5.41, 5.74) is 2.41. The Bertz CT molecular complexity index is 637. The number of aryl methyl sites for hydroxylation is 1. The highest BCUT2D eigenvalue weighted by atomic mass is 16.4. The van der Waals surface area contributed by atoms with E-state index in [1.807, 2.05) is 32.0 Å². The number of carbonyl (C=O) groups is 1. The number of aromatic amines is 1. The van der Waals surface area contributed by atoms with Gasteiger partial charge in [0.1, 0.15) is 0 Å². The average molecular weight is 248 g/mol. The largest absolute Gasteiger partial charge is 0.481 e. The first kappa shape index (κ1) is 12.4. The Balaban J connectivity index is 2.41. The van der Waals surface area contributed by atoms with Crippen molar-refractivity contribution in [2.45, 2.75) is 32.7 Å². The molecule has 1 aromatic carbocycles. The molecule has 0 fully saturated rings. The summed E-state index contributed by atoms with van der Waals surface area (Å²) in [6.45, 7) is 3.90. The Kier molecular flexibility index (Phi) is 3.23. The van der Waals surface area contributed by atoms with Gasteiger partial charge in [-0.15, -0.1) is 0 Å². The highest BCUT2D eigenvalue weighted by Gasteiger charge is 2.10. The van der Waals surface area contributed by atoms with Gasteiger partial charge in [-0.1, -0.05) is 6.07 Å². The van der Waals surface area contributed by atoms with E-state index in [2.05, 4.69) is 4.98 Å². The summed E-state index contributed by atoms with van der Waals surface area (Å²) >= 11 is 0. The summed E-state index contributed by atoms with van der Waals surface area (Å²) in [5.74, 6) is -0.816. The van der Waals surface area contributed by atoms with Crippen molar-refractivity contribution in [1.82, 2.24) is 9.55 Å². The highest BCUT2D eigenvalue weighted by Crippen LogP contribution is 2.17. The Hall–Kier alpha value is -2.04. The second kappa shape index (κ2) is 4.68. The monoisotopic (exact) mass is 248 g/mol. The van der Waals surface area contributed by atoms with Crippen LogP contribution in [0.1, 0.15) is 31.9 Å². The number of H-pyrrole nitrogens is 1. The summed E-state index contributed by atoms with van der Waals surface area (Å²) in [6, 6.07) is 5.68. The fraction of sp³-hybridized carbons (Fsp3) is 0.385. The summed E-state index contributed by atoms with van der Waals surface area (Å²) in [7, 11) is 0. The number of nitrogens with zero attached hydrogens (tertiary/aromatic N) is 1. The number of carboxylic acid groups (broad SMARTS) is 1. The van der Waals surface area contributed by atoms with Gasteiger partial charge in [0.15, 0.2) is 0 Å². The first-order chi connectivity index (χ1) is 8.49. The molecule has 18 heavy (non-hydrogen) atoms. The Morgan fingerprint density at radius 1 is 1.44 bits per heavy atom. The summed E-state index contributed by atoms with van der Waals surface area (Å²) in [5, 5.41) is 8.65. The molecule has 0 aliphatic rings. The third kappa shape index (κ3) is 2.30. The van der Waals surface area contributed by atoms with Gasteiger partial charge in [-0.2, -0.15) is 0 Å². The summed E-state index contributed by atoms with van der Waals surface area (Å²) in [6.07, 6.45) is 0.570. The summed E-state index contributed by atoms with van der Waals surface area (Å²) in [4.78, 5) is 25.1. The van der Waals surface area contributed by atoms with Crippen LogP contribution < -0.4 is 5.69 Å². The number of benzene rings is 1. The van der Waals surface area contributed by atoms with E-state index in [4.69, 9.17) is 5.11 Å². The van der Waals surface area contributed by atoms with Gasteiger partial charge in [0.05, 0.1) is 11.0 Å². The third-order valence-corrected chi connectivity index (χ3v) is 2.92. The molecule has 0 amide bonds. The first-order valence-corrected chi connectivity index (χ1v) is 5.94. The molecule has 0 radical (unpaired) electrons. The number of rotatable bonds is 4. The van der Waals surface area contributed by atoms with Crippen LogP contribution in [-0.4, -0.2) is 20.6 Å². The smallest absolute Gasteiger partial charge is 0.326 e. The number of aromatic nitrogens is 2. The quantitative estimate of drug-likeness (QED) is 0.868. The Labute approximate surface area is 104 Å². The lowest BCUT2D eigenvalue weighted by Gasteiger charge is -2.07. The van der Waals surface area contributed by atoms with Crippen LogP contribution in [0.4, 0.5) is 0 Å². The van der Waals surface area contributed by atoms with Gasteiger partial charge in [-0.05, 0) is 38.0 Å². The molecule has 5 nitrogen and oxygen atoms in total. The highest BCUT2D eigenvalue weighted by molar-refractivity contribution is 5.76. The van der Waals surface area contributed by atoms with Gasteiger partial charge in [-0.25, -0.2) is 4.79 Å². The fourth-order valence-electron chi connectivity index (χ4n) is 2.10. The number of nitrogens with one attached hydrogen (secondary N) is 1. The molecule has 1 heterocycles. The first-order valence-electron chi connectivity index (χ1n) is 5.94. The summed E-state index contributed by atoms with van der Waals surface area (Å²) < 4.78 is 1.69. The molecular weight excluding hydrogens is 232 g/mol. The normalized spacial score (nSPS) is 11.3. The van der Waals surface area contributed by atoms with Crippen LogP contribution in [0.25, 0.3) is 11.0 Å². The maximum absolute atomic E-state index is 11.8. The Morgan fingerprint density at radius 3 is 2.78 bits per heavy atom. The van der Waals surface area contributed by atoms with Gasteiger partial charge in [0, 0.05) is 12.5 Å². The number of imidazole rings is 1. The van der Waals surface area contributed by atoms with Crippen LogP contribution in [0.2, 0.25) is 0 Å². The van der Waals surface area contributed by atoms with Gasteiger partial charge in [-0.3, -0.25) is 9.36 Å². The van der Waals surface area contributed by atoms with E-state index >= 15 is 0 Å². The van der Waals surface area contributed by atoms with E-state index < -0.39 is 5.97 Å². The molecule has 0 saturated carbocycles. The number of fused-ring (bicyclic) bond motifs is 1. The molecular formula is C13H16N2O3. The maximum Gasteiger partial charge on any atom is 0.326 e. The van der Waals surface area contributed by atoms with Gasteiger partial charge < -0.3 is 10.1 Å². The van der Waals surface area contributed by atoms with Crippen molar-refractivity contribution in [1.29, 1.82) is 0 Å². The molecule has 0 aliphatic heterocycles. The van der Waals surface area contributed by atoms with E-state index in [9.17, 15) is 9.59 Å². The lowest BCUT2D eigenvalue weighted by Crippen LogP contribution is -2.18. The topological polar surface area (TPSA) is 75.1 Å². The van der Waals surface area contributed by atoms with Crippen molar-refractivity contribution in [2.75, 3.05) is 0 Å². The molecule has 2 rings (SSSR count). The predicted octanol–water partition coefficient (Wildman–Crippen LogP) is 1.93. The number of hydrogen-bond donors (Lipinski definition) is 2. The van der Waals surface area contributed by atoms with Gasteiger partial charge in [0.25, 0.3) is 0 Å². The third-order valence-electron chi connectivity index (χ3n) is 2.92. The molecule has 0 saturated heterocycles. The van der Waals surface area contributed by atoms with Crippen LogP contribution >= 0.6 is 0 Å². The van der Waals surface area contributed by atoms with E-state index in [0.29, 0.717) is 6.42 Å². The van der Waals surface area contributed by atoms with Crippen LogP contribution in [0, 0.1) is 0 Å². The fourth-order valence-corrected chi connectivity index (χ4v) is 2.10. The molecule has 0 unspecified atom stereocenters. The number of carboxylic acids is 1. The molecule has 0 aliphatic carbocycles. The van der Waals surface area contributed by atoms with E-state index in [0.717, 1.165) is 16.6 Å². The zero-order valence-electron chi connectivity index (χ0n) is 10.4. The van der Waals surface area contributed by atoms with E-state index in [1.54, 1.807) is 4.57 Å². The number of hydrogen-bond acceptors (Lipinski definition) is 2. The van der Waals surface area contributed by atoms with Crippen LogP contribution in [0.5, 0.6) is 0 Å². The van der Waals surface area contributed by atoms with Crippen molar-refractivity contribution in [3.8, 4) is 0 Å². The van der Waals surface area contributed by atoms with Crippen LogP contribution in [0.15, 0.2) is 23.0 Å². The predicted molar refractivity (Wildman–Crippen MR) is 68.9 cm³/mol. The van der Waals surface area contributed by atoms with Crippen molar-refractivity contribution >= 4 is 17.0 Å². The van der Waals surface area contributed by atoms with Crippen molar-refractivity contribution in [3.63, 3.8) is 0 Å². The molecule has 2 N–H and O–H groups in total. The SMILES string of the molecule is CC(C)n1c(=O)[nH]c2cc(CCC(=O)O)ccc21. The minimum atomic E-state index is -0.816. The van der Waals surface area contributed by atoms with Crippen LogP contribution in [0.3, 0.4) is 0 Å². The zero-order valence-corrected chi connectivity index (χ0v) is 10.4. The van der Waals surface area contributed by atoms with Crippen molar-refractivity contribution < 1.29 is 9.90 Å². The van der Waals surface area contributed by atoms with Crippen molar-refractivity contribution in [3.05, 3.63) is 34.2 Å².